The lowest BCUT2D eigenvalue weighted by Gasteiger charge is -2.07. The van der Waals surface area contributed by atoms with Gasteiger partial charge in [-0.15, -0.1) is 0 Å². The van der Waals surface area contributed by atoms with Crippen LogP contribution in [-0.2, 0) is 0 Å². The number of hydrogen-bond donors (Lipinski definition) is 2. The van der Waals surface area contributed by atoms with Crippen LogP contribution in [0.2, 0.25) is 0 Å². The minimum absolute atomic E-state index is 0.00622. The van der Waals surface area contributed by atoms with Gasteiger partial charge in [0.25, 0.3) is 0 Å². The first-order valence-corrected chi connectivity index (χ1v) is 5.06. The molecule has 0 amide bonds. The van der Waals surface area contributed by atoms with Crippen molar-refractivity contribution in [2.75, 3.05) is 0 Å². The van der Waals surface area contributed by atoms with Crippen molar-refractivity contribution in [3.63, 3.8) is 0 Å². The van der Waals surface area contributed by atoms with Gasteiger partial charge in [-0.3, -0.25) is 5.10 Å². The van der Waals surface area contributed by atoms with Crippen molar-refractivity contribution in [2.45, 2.75) is 12.5 Å². The maximum absolute atomic E-state index is 12.8. The van der Waals surface area contributed by atoms with Crippen molar-refractivity contribution in [3.05, 3.63) is 41.8 Å². The molecule has 17 heavy (non-hydrogen) atoms. The van der Waals surface area contributed by atoms with Crippen LogP contribution in [0.1, 0.15) is 18.1 Å². The van der Waals surface area contributed by atoms with E-state index in [0.717, 1.165) is 5.56 Å². The van der Waals surface area contributed by atoms with Crippen LogP contribution in [0.3, 0.4) is 0 Å². The number of nitrogens with one attached hydrogen (secondary N) is 1. The molecule has 86 valence electrons. The largest absolute Gasteiger partial charge is 0.387 e. The number of aliphatic hydroxyl groups excluding tert-OH is 1. The van der Waals surface area contributed by atoms with Gasteiger partial charge in [-0.25, -0.2) is 4.39 Å². The summed E-state index contributed by atoms with van der Waals surface area (Å²) in [6.45, 7) is 0. The van der Waals surface area contributed by atoms with Crippen molar-refractivity contribution in [2.24, 2.45) is 0 Å². The second kappa shape index (κ2) is 4.76. The van der Waals surface area contributed by atoms with Crippen LogP contribution in [0.25, 0.3) is 11.3 Å². The Morgan fingerprint density at radius 3 is 2.76 bits per heavy atom. The molecular weight excluding hydrogens is 221 g/mol. The number of H-pyrrole nitrogens is 1. The van der Waals surface area contributed by atoms with E-state index in [1.54, 1.807) is 12.1 Å². The Bertz CT molecular complexity index is 542. The normalized spacial score (nSPS) is 12.1. The third-order valence-electron chi connectivity index (χ3n) is 2.45. The van der Waals surface area contributed by atoms with Crippen molar-refractivity contribution >= 4 is 0 Å². The molecule has 0 spiro atoms. The van der Waals surface area contributed by atoms with Crippen LogP contribution >= 0.6 is 0 Å². The lowest BCUT2D eigenvalue weighted by Crippen LogP contribution is -1.96. The molecule has 1 heterocycles. The van der Waals surface area contributed by atoms with Crippen LogP contribution in [0.15, 0.2) is 30.5 Å². The molecular formula is C12H10FN3O. The maximum atomic E-state index is 12.8. The fourth-order valence-electron chi connectivity index (χ4n) is 1.59. The molecule has 0 aliphatic carbocycles. The molecule has 1 unspecified atom stereocenters. The summed E-state index contributed by atoms with van der Waals surface area (Å²) in [5, 5.41) is 24.9. The van der Waals surface area contributed by atoms with Gasteiger partial charge in [0.2, 0.25) is 0 Å². The number of nitrogens with zero attached hydrogens (tertiary/aromatic N) is 2. The molecule has 2 aromatic rings. The smallest absolute Gasteiger partial charge is 0.123 e. The highest BCUT2D eigenvalue weighted by molar-refractivity contribution is 5.63. The Morgan fingerprint density at radius 2 is 2.12 bits per heavy atom. The summed E-state index contributed by atoms with van der Waals surface area (Å²) >= 11 is 0. The highest BCUT2D eigenvalue weighted by Gasteiger charge is 2.15. The third kappa shape index (κ3) is 2.32. The van der Waals surface area contributed by atoms with E-state index in [-0.39, 0.29) is 12.2 Å². The molecule has 0 radical (unpaired) electrons. The summed E-state index contributed by atoms with van der Waals surface area (Å²) < 4.78 is 12.8. The zero-order valence-corrected chi connectivity index (χ0v) is 8.89. The molecule has 0 saturated heterocycles. The highest BCUT2D eigenvalue weighted by Crippen LogP contribution is 2.27. The van der Waals surface area contributed by atoms with Crippen molar-refractivity contribution in [1.29, 1.82) is 5.26 Å². The van der Waals surface area contributed by atoms with Gasteiger partial charge < -0.3 is 5.11 Å². The van der Waals surface area contributed by atoms with E-state index in [1.807, 2.05) is 6.07 Å². The van der Waals surface area contributed by atoms with Gasteiger partial charge in [0, 0.05) is 11.1 Å². The van der Waals surface area contributed by atoms with Crippen LogP contribution in [0.5, 0.6) is 0 Å². The van der Waals surface area contributed by atoms with E-state index in [4.69, 9.17) is 5.26 Å². The first kappa shape index (κ1) is 11.3. The monoisotopic (exact) mass is 231 g/mol. The summed E-state index contributed by atoms with van der Waals surface area (Å²) in [6, 6.07) is 7.73. The predicted molar refractivity (Wildman–Crippen MR) is 59.2 cm³/mol. The zero-order valence-electron chi connectivity index (χ0n) is 8.89. The Balaban J connectivity index is 2.37. The molecule has 0 aliphatic rings. The van der Waals surface area contributed by atoms with E-state index in [2.05, 4.69) is 10.2 Å². The molecule has 0 aliphatic heterocycles. The minimum Gasteiger partial charge on any atom is -0.387 e. The molecule has 1 aromatic heterocycles. The van der Waals surface area contributed by atoms with E-state index < -0.39 is 6.10 Å². The Hall–Kier alpha value is -2.19. The van der Waals surface area contributed by atoms with Gasteiger partial charge in [0.05, 0.1) is 30.5 Å². The number of aromatic amines is 1. The van der Waals surface area contributed by atoms with Gasteiger partial charge in [0.15, 0.2) is 0 Å². The van der Waals surface area contributed by atoms with Crippen molar-refractivity contribution < 1.29 is 9.50 Å². The second-order valence-corrected chi connectivity index (χ2v) is 3.59. The van der Waals surface area contributed by atoms with Crippen LogP contribution in [0.4, 0.5) is 4.39 Å². The summed E-state index contributed by atoms with van der Waals surface area (Å²) in [4.78, 5) is 0. The van der Waals surface area contributed by atoms with Crippen LogP contribution in [-0.4, -0.2) is 15.3 Å². The molecule has 4 nitrogen and oxygen atoms in total. The quantitative estimate of drug-likeness (QED) is 0.850. The maximum Gasteiger partial charge on any atom is 0.123 e. The molecule has 0 saturated carbocycles. The Kier molecular flexibility index (Phi) is 3.17. The van der Waals surface area contributed by atoms with Crippen molar-refractivity contribution in [1.82, 2.24) is 10.2 Å². The van der Waals surface area contributed by atoms with Gasteiger partial charge >= 0.3 is 0 Å². The van der Waals surface area contributed by atoms with Gasteiger partial charge in [-0.2, -0.15) is 10.4 Å². The summed E-state index contributed by atoms with van der Waals surface area (Å²) in [6.07, 6.45) is 0.577. The zero-order chi connectivity index (χ0) is 12.3. The Labute approximate surface area is 97.3 Å². The number of aliphatic hydroxyl groups is 1. The first-order valence-electron chi connectivity index (χ1n) is 5.06. The molecule has 1 atom stereocenters. The van der Waals surface area contributed by atoms with E-state index in [0.29, 0.717) is 11.3 Å². The number of halogens is 1. The average molecular weight is 231 g/mol. The number of nitriles is 1. The first-order chi connectivity index (χ1) is 8.22. The minimum atomic E-state index is -0.890. The van der Waals surface area contributed by atoms with E-state index >= 15 is 0 Å². The molecule has 2 N–H and O–H groups in total. The molecule has 0 bridgehead atoms. The molecule has 1 aromatic carbocycles. The van der Waals surface area contributed by atoms with Gasteiger partial charge in [0.1, 0.15) is 5.82 Å². The molecule has 2 rings (SSSR count). The fraction of sp³-hybridized carbons (Fsp3) is 0.167. The summed E-state index contributed by atoms with van der Waals surface area (Å²) in [7, 11) is 0. The fourth-order valence-corrected chi connectivity index (χ4v) is 1.59. The number of rotatable bonds is 3. The number of aromatic nitrogens is 2. The lowest BCUT2D eigenvalue weighted by molar-refractivity contribution is 0.184. The third-order valence-corrected chi connectivity index (χ3v) is 2.45. The van der Waals surface area contributed by atoms with Crippen molar-refractivity contribution in [3.8, 4) is 17.3 Å². The van der Waals surface area contributed by atoms with E-state index in [1.165, 1.54) is 18.3 Å². The van der Waals surface area contributed by atoms with E-state index in [9.17, 15) is 9.50 Å². The summed E-state index contributed by atoms with van der Waals surface area (Å²) in [5.74, 6) is -0.326. The SMILES string of the molecule is N#CCC(O)c1cn[nH]c1-c1ccc(F)cc1. The van der Waals surface area contributed by atoms with Crippen LogP contribution < -0.4 is 0 Å². The van der Waals surface area contributed by atoms with Gasteiger partial charge in [-0.1, -0.05) is 0 Å². The molecule has 0 fully saturated rings. The van der Waals surface area contributed by atoms with Gasteiger partial charge in [-0.05, 0) is 24.3 Å². The average Bonchev–Trinajstić information content (AvgIpc) is 2.79. The summed E-state index contributed by atoms with van der Waals surface area (Å²) in [5.41, 5.74) is 1.86. The predicted octanol–water partition coefficient (Wildman–Crippen LogP) is 2.16. The topological polar surface area (TPSA) is 72.7 Å². The standard InChI is InChI=1S/C12H10FN3O/c13-9-3-1-8(2-4-9)12-10(7-15-16-12)11(17)5-6-14/h1-4,7,11,17H,5H2,(H,15,16). The Morgan fingerprint density at radius 1 is 1.41 bits per heavy atom. The number of benzene rings is 1. The lowest BCUT2D eigenvalue weighted by atomic mass is 10.0. The van der Waals surface area contributed by atoms with Crippen LogP contribution in [0, 0.1) is 17.1 Å². The molecule has 5 heteroatoms. The number of hydrogen-bond acceptors (Lipinski definition) is 3. The highest BCUT2D eigenvalue weighted by atomic mass is 19.1. The second-order valence-electron chi connectivity index (χ2n) is 3.59.